The molecule has 0 amide bonds. The molecule has 1 N–H and O–H groups in total. The zero-order valence-electron chi connectivity index (χ0n) is 12.9. The molecule has 0 bridgehead atoms. The summed E-state index contributed by atoms with van der Waals surface area (Å²) >= 11 is 0. The van der Waals surface area contributed by atoms with Crippen LogP contribution in [0.3, 0.4) is 0 Å². The summed E-state index contributed by atoms with van der Waals surface area (Å²) < 4.78 is 1.81. The lowest BCUT2D eigenvalue weighted by atomic mass is 10.3. The molecule has 0 fully saturated rings. The average Bonchev–Trinajstić information content (AvgIpc) is 2.98. The quantitative estimate of drug-likeness (QED) is 0.802. The third kappa shape index (κ3) is 2.90. The zero-order chi connectivity index (χ0) is 15.5. The maximum atomic E-state index is 4.50. The van der Waals surface area contributed by atoms with Crippen LogP contribution in [0.2, 0.25) is 0 Å². The lowest BCUT2D eigenvalue weighted by Crippen LogP contribution is -2.13. The van der Waals surface area contributed by atoms with Crippen molar-refractivity contribution in [2.45, 2.75) is 6.92 Å². The minimum absolute atomic E-state index is 0.535. The van der Waals surface area contributed by atoms with Gasteiger partial charge in [0.1, 0.15) is 5.82 Å². The van der Waals surface area contributed by atoms with Crippen LogP contribution in [-0.2, 0) is 0 Å². The third-order valence-electron chi connectivity index (χ3n) is 3.22. The second-order valence-corrected chi connectivity index (χ2v) is 5.20. The van der Waals surface area contributed by atoms with Crippen molar-refractivity contribution in [1.29, 1.82) is 0 Å². The SMILES string of the molecule is Cc1cnc(Nc2ccn(-c3ccccc3)n2)nc1N(C)C. The van der Waals surface area contributed by atoms with E-state index in [1.807, 2.05) is 73.2 Å². The van der Waals surface area contributed by atoms with Gasteiger partial charge in [0, 0.05) is 38.1 Å². The van der Waals surface area contributed by atoms with Gasteiger partial charge in [-0.15, -0.1) is 0 Å². The zero-order valence-corrected chi connectivity index (χ0v) is 12.9. The number of para-hydroxylation sites is 1. The molecule has 0 unspecified atom stereocenters. The van der Waals surface area contributed by atoms with E-state index < -0.39 is 0 Å². The fraction of sp³-hybridized carbons (Fsp3) is 0.188. The molecule has 3 rings (SSSR count). The van der Waals surface area contributed by atoms with Gasteiger partial charge in [-0.3, -0.25) is 0 Å². The molecule has 6 heteroatoms. The highest BCUT2D eigenvalue weighted by atomic mass is 15.3. The van der Waals surface area contributed by atoms with Crippen LogP contribution in [0.15, 0.2) is 48.8 Å². The Morgan fingerprint density at radius 3 is 2.59 bits per heavy atom. The first kappa shape index (κ1) is 14.1. The van der Waals surface area contributed by atoms with Crippen molar-refractivity contribution in [3.63, 3.8) is 0 Å². The van der Waals surface area contributed by atoms with E-state index >= 15 is 0 Å². The van der Waals surface area contributed by atoms with Gasteiger partial charge < -0.3 is 10.2 Å². The molecular formula is C16H18N6. The van der Waals surface area contributed by atoms with E-state index in [0.29, 0.717) is 11.8 Å². The third-order valence-corrected chi connectivity index (χ3v) is 3.22. The van der Waals surface area contributed by atoms with E-state index in [4.69, 9.17) is 0 Å². The van der Waals surface area contributed by atoms with Crippen LogP contribution in [0.5, 0.6) is 0 Å². The van der Waals surface area contributed by atoms with Gasteiger partial charge in [-0.2, -0.15) is 10.1 Å². The molecule has 0 aliphatic heterocycles. The van der Waals surface area contributed by atoms with Gasteiger partial charge in [-0.05, 0) is 19.1 Å². The summed E-state index contributed by atoms with van der Waals surface area (Å²) in [5.41, 5.74) is 2.04. The van der Waals surface area contributed by atoms with Crippen LogP contribution in [0, 0.1) is 6.92 Å². The Morgan fingerprint density at radius 1 is 1.09 bits per heavy atom. The van der Waals surface area contributed by atoms with Gasteiger partial charge in [0.25, 0.3) is 0 Å². The van der Waals surface area contributed by atoms with E-state index in [-0.39, 0.29) is 0 Å². The molecule has 0 aliphatic rings. The molecule has 0 aliphatic carbocycles. The molecule has 0 radical (unpaired) electrons. The van der Waals surface area contributed by atoms with Gasteiger partial charge in [0.05, 0.1) is 5.69 Å². The van der Waals surface area contributed by atoms with E-state index in [1.165, 1.54) is 0 Å². The molecule has 0 atom stereocenters. The molecule has 1 aromatic carbocycles. The summed E-state index contributed by atoms with van der Waals surface area (Å²) in [4.78, 5) is 10.8. The van der Waals surface area contributed by atoms with Crippen molar-refractivity contribution in [2.75, 3.05) is 24.3 Å². The predicted molar refractivity (Wildman–Crippen MR) is 87.9 cm³/mol. The lowest BCUT2D eigenvalue weighted by Gasteiger charge is -2.14. The van der Waals surface area contributed by atoms with Crippen LogP contribution < -0.4 is 10.2 Å². The van der Waals surface area contributed by atoms with Crippen LogP contribution in [0.4, 0.5) is 17.6 Å². The molecule has 0 saturated carbocycles. The minimum Gasteiger partial charge on any atom is -0.362 e. The second kappa shape index (κ2) is 5.85. The van der Waals surface area contributed by atoms with Crippen molar-refractivity contribution in [3.8, 4) is 5.69 Å². The topological polar surface area (TPSA) is 58.9 Å². The Hall–Kier alpha value is -2.89. The molecule has 6 nitrogen and oxygen atoms in total. The van der Waals surface area contributed by atoms with Crippen LogP contribution >= 0.6 is 0 Å². The molecule has 22 heavy (non-hydrogen) atoms. The Kier molecular flexibility index (Phi) is 3.74. The highest BCUT2D eigenvalue weighted by Gasteiger charge is 2.07. The Morgan fingerprint density at radius 2 is 1.86 bits per heavy atom. The van der Waals surface area contributed by atoms with E-state index in [0.717, 1.165) is 17.1 Å². The Bertz CT molecular complexity index is 763. The molecule has 0 spiro atoms. The van der Waals surface area contributed by atoms with Crippen LogP contribution in [-0.4, -0.2) is 33.8 Å². The highest BCUT2D eigenvalue weighted by Crippen LogP contribution is 2.18. The van der Waals surface area contributed by atoms with Gasteiger partial charge in [0.15, 0.2) is 5.82 Å². The predicted octanol–water partition coefficient (Wildman–Crippen LogP) is 2.78. The average molecular weight is 294 g/mol. The number of aryl methyl sites for hydroxylation is 1. The first-order chi connectivity index (χ1) is 10.6. The molecule has 2 aromatic heterocycles. The number of hydrogen-bond donors (Lipinski definition) is 1. The van der Waals surface area contributed by atoms with Crippen LogP contribution in [0.25, 0.3) is 5.69 Å². The lowest BCUT2D eigenvalue weighted by molar-refractivity contribution is 0.882. The van der Waals surface area contributed by atoms with E-state index in [1.54, 1.807) is 6.20 Å². The molecule has 2 heterocycles. The van der Waals surface area contributed by atoms with Gasteiger partial charge in [-0.25, -0.2) is 9.67 Å². The number of aromatic nitrogens is 4. The van der Waals surface area contributed by atoms with Gasteiger partial charge in [0.2, 0.25) is 5.95 Å². The molecule has 112 valence electrons. The maximum absolute atomic E-state index is 4.50. The second-order valence-electron chi connectivity index (χ2n) is 5.20. The normalized spacial score (nSPS) is 10.5. The Balaban J connectivity index is 1.83. The summed E-state index contributed by atoms with van der Waals surface area (Å²) in [6.45, 7) is 1.99. The van der Waals surface area contributed by atoms with Crippen molar-refractivity contribution < 1.29 is 0 Å². The number of benzene rings is 1. The van der Waals surface area contributed by atoms with Crippen molar-refractivity contribution in [2.24, 2.45) is 0 Å². The van der Waals surface area contributed by atoms with Crippen molar-refractivity contribution in [1.82, 2.24) is 19.7 Å². The smallest absolute Gasteiger partial charge is 0.230 e. The number of anilines is 3. The Labute approximate surface area is 129 Å². The molecule has 0 saturated heterocycles. The van der Waals surface area contributed by atoms with Crippen molar-refractivity contribution in [3.05, 3.63) is 54.4 Å². The highest BCUT2D eigenvalue weighted by molar-refractivity contribution is 5.53. The number of nitrogens with zero attached hydrogens (tertiary/aromatic N) is 5. The number of hydrogen-bond acceptors (Lipinski definition) is 5. The molecule has 3 aromatic rings. The largest absolute Gasteiger partial charge is 0.362 e. The first-order valence-electron chi connectivity index (χ1n) is 7.02. The fourth-order valence-corrected chi connectivity index (χ4v) is 2.18. The van der Waals surface area contributed by atoms with Crippen LogP contribution in [0.1, 0.15) is 5.56 Å². The fourth-order valence-electron chi connectivity index (χ4n) is 2.18. The first-order valence-corrected chi connectivity index (χ1v) is 7.02. The number of rotatable bonds is 4. The minimum atomic E-state index is 0.535. The summed E-state index contributed by atoms with van der Waals surface area (Å²) in [6, 6.07) is 11.8. The number of nitrogens with one attached hydrogen (secondary N) is 1. The maximum Gasteiger partial charge on any atom is 0.230 e. The summed E-state index contributed by atoms with van der Waals surface area (Å²) in [6.07, 6.45) is 3.71. The molecular weight excluding hydrogens is 276 g/mol. The van der Waals surface area contributed by atoms with Crippen molar-refractivity contribution >= 4 is 17.6 Å². The van der Waals surface area contributed by atoms with Gasteiger partial charge >= 0.3 is 0 Å². The van der Waals surface area contributed by atoms with E-state index in [2.05, 4.69) is 20.4 Å². The standard InChI is InChI=1S/C16H18N6/c1-12-11-17-16(19-15(12)21(2)3)18-14-9-10-22(20-14)13-7-5-4-6-8-13/h4-11H,1-3H3,(H,17,18,19,20). The van der Waals surface area contributed by atoms with E-state index in [9.17, 15) is 0 Å². The monoisotopic (exact) mass is 294 g/mol. The van der Waals surface area contributed by atoms with Gasteiger partial charge in [-0.1, -0.05) is 18.2 Å². The summed E-state index contributed by atoms with van der Waals surface area (Å²) in [5.74, 6) is 2.13. The summed E-state index contributed by atoms with van der Waals surface area (Å²) in [7, 11) is 3.92. The summed E-state index contributed by atoms with van der Waals surface area (Å²) in [5, 5.41) is 7.62.